The molecule has 2 saturated heterocycles. The molecule has 2 aliphatic heterocycles. The summed E-state index contributed by atoms with van der Waals surface area (Å²) in [6.45, 7) is 14.9. The van der Waals surface area contributed by atoms with Gasteiger partial charge in [-0.2, -0.15) is 0 Å². The van der Waals surface area contributed by atoms with Crippen molar-refractivity contribution in [2.75, 3.05) is 32.7 Å². The molecule has 146 valence electrons. The molecular weight excluding hydrogens is 326 g/mol. The van der Waals surface area contributed by atoms with E-state index in [0.29, 0.717) is 18.0 Å². The number of guanidine groups is 1. The molecule has 0 radical (unpaired) electrons. The number of hydrogen-bond donors (Lipinski definition) is 1. The van der Waals surface area contributed by atoms with Crippen molar-refractivity contribution in [2.24, 2.45) is 17.5 Å². The average molecular weight is 362 g/mol. The van der Waals surface area contributed by atoms with E-state index in [1.54, 1.807) is 0 Å². The van der Waals surface area contributed by atoms with E-state index in [1.807, 2.05) is 18.5 Å². The molecule has 2 fully saturated rings. The zero-order valence-electron chi connectivity index (χ0n) is 17.1. The molecule has 0 bridgehead atoms. The number of aliphatic imine (C=N–C) groups is 1. The highest BCUT2D eigenvalue weighted by molar-refractivity contribution is 5.80. The number of nitrogens with zero attached hydrogens (tertiary/aromatic N) is 6. The van der Waals surface area contributed by atoms with Crippen molar-refractivity contribution < 1.29 is 0 Å². The molecule has 0 aromatic carbocycles. The Bertz CT molecular complexity index is 634. The van der Waals surface area contributed by atoms with Crippen molar-refractivity contribution in [3.8, 4) is 0 Å². The summed E-state index contributed by atoms with van der Waals surface area (Å²) in [5.74, 6) is 2.87. The number of rotatable bonds is 5. The third kappa shape index (κ3) is 4.37. The van der Waals surface area contributed by atoms with Gasteiger partial charge in [-0.05, 0) is 44.7 Å². The number of aryl methyl sites for hydroxylation is 1. The highest BCUT2D eigenvalue weighted by atomic mass is 15.3. The number of likely N-dealkylation sites (N-methyl/N-ethyl adjacent to an activating group) is 1. The molecule has 0 amide bonds. The van der Waals surface area contributed by atoms with E-state index >= 15 is 0 Å². The second-order valence-electron chi connectivity index (χ2n) is 8.50. The molecule has 26 heavy (non-hydrogen) atoms. The maximum Gasteiger partial charge on any atom is 0.194 e. The van der Waals surface area contributed by atoms with E-state index in [4.69, 9.17) is 4.99 Å². The summed E-state index contributed by atoms with van der Waals surface area (Å²) in [5.41, 5.74) is 0.354. The summed E-state index contributed by atoms with van der Waals surface area (Å²) in [4.78, 5) is 9.90. The zero-order chi connectivity index (χ0) is 18.7. The van der Waals surface area contributed by atoms with Crippen LogP contribution in [0.2, 0.25) is 0 Å². The van der Waals surface area contributed by atoms with Gasteiger partial charge in [0, 0.05) is 32.7 Å². The maximum atomic E-state index is 4.92. The Morgan fingerprint density at radius 3 is 2.73 bits per heavy atom. The lowest BCUT2D eigenvalue weighted by atomic mass is 9.93. The van der Waals surface area contributed by atoms with Crippen molar-refractivity contribution in [1.82, 2.24) is 29.9 Å². The summed E-state index contributed by atoms with van der Waals surface area (Å²) in [5, 5.41) is 12.1. The number of nitrogens with one attached hydrogen (secondary N) is 1. The first-order chi connectivity index (χ1) is 12.4. The summed E-state index contributed by atoms with van der Waals surface area (Å²) < 4.78 is 2.02. The van der Waals surface area contributed by atoms with E-state index in [1.165, 1.54) is 25.8 Å². The minimum absolute atomic E-state index is 0.354. The third-order valence-corrected chi connectivity index (χ3v) is 5.93. The molecule has 7 heteroatoms. The second kappa shape index (κ2) is 7.94. The first kappa shape index (κ1) is 19.1. The standard InChI is InChI=1S/C19H35N7/c1-6-25-10-7-8-16(25)12-20-18(26-11-9-19(3,4)14-26)21-13-17-23-22-15(2)24(17)5/h16H,6-14H2,1-5H3,(H,20,21). The smallest absolute Gasteiger partial charge is 0.194 e. The number of hydrogen-bond acceptors (Lipinski definition) is 4. The van der Waals surface area contributed by atoms with Crippen LogP contribution in [-0.2, 0) is 13.6 Å². The molecule has 3 heterocycles. The van der Waals surface area contributed by atoms with Gasteiger partial charge in [-0.1, -0.05) is 20.8 Å². The monoisotopic (exact) mass is 361 g/mol. The topological polar surface area (TPSA) is 61.6 Å². The van der Waals surface area contributed by atoms with Crippen LogP contribution in [0.15, 0.2) is 4.99 Å². The first-order valence-corrected chi connectivity index (χ1v) is 10.0. The minimum atomic E-state index is 0.354. The Kier molecular flexibility index (Phi) is 5.85. The average Bonchev–Trinajstić information content (AvgIpc) is 3.29. The SMILES string of the molecule is CCN1CCCC1CNC(=NCc1nnc(C)n1C)N1CCC(C)(C)C1. The highest BCUT2D eigenvalue weighted by Gasteiger charge is 2.32. The molecule has 0 spiro atoms. The van der Waals surface area contributed by atoms with Gasteiger partial charge in [0.15, 0.2) is 11.8 Å². The quantitative estimate of drug-likeness (QED) is 0.640. The Labute approximate surface area is 157 Å². The summed E-state index contributed by atoms with van der Waals surface area (Å²) >= 11 is 0. The fraction of sp³-hybridized carbons (Fsp3) is 0.842. The van der Waals surface area contributed by atoms with Gasteiger partial charge in [0.05, 0.1) is 0 Å². The van der Waals surface area contributed by atoms with Crippen molar-refractivity contribution in [3.05, 3.63) is 11.6 Å². The van der Waals surface area contributed by atoms with Gasteiger partial charge in [0.2, 0.25) is 0 Å². The van der Waals surface area contributed by atoms with Crippen LogP contribution in [0.4, 0.5) is 0 Å². The molecule has 1 aromatic heterocycles. The van der Waals surface area contributed by atoms with Crippen LogP contribution in [0.1, 0.15) is 51.7 Å². The van der Waals surface area contributed by atoms with E-state index in [0.717, 1.165) is 43.8 Å². The largest absolute Gasteiger partial charge is 0.355 e. The Balaban J connectivity index is 1.69. The van der Waals surface area contributed by atoms with Crippen LogP contribution in [0.5, 0.6) is 0 Å². The fourth-order valence-corrected chi connectivity index (χ4v) is 4.05. The van der Waals surface area contributed by atoms with Gasteiger partial charge < -0.3 is 14.8 Å². The third-order valence-electron chi connectivity index (χ3n) is 5.93. The highest BCUT2D eigenvalue weighted by Crippen LogP contribution is 2.28. The number of likely N-dealkylation sites (tertiary alicyclic amines) is 2. The molecule has 0 saturated carbocycles. The normalized spacial score (nSPS) is 23.8. The molecule has 3 rings (SSSR count). The van der Waals surface area contributed by atoms with E-state index < -0.39 is 0 Å². The van der Waals surface area contributed by atoms with Gasteiger partial charge in [0.1, 0.15) is 12.4 Å². The summed E-state index contributed by atoms with van der Waals surface area (Å²) in [6, 6.07) is 0.623. The van der Waals surface area contributed by atoms with Gasteiger partial charge in [-0.25, -0.2) is 4.99 Å². The molecule has 0 aliphatic carbocycles. The zero-order valence-corrected chi connectivity index (χ0v) is 17.1. The number of aromatic nitrogens is 3. The summed E-state index contributed by atoms with van der Waals surface area (Å²) in [6.07, 6.45) is 3.80. The van der Waals surface area contributed by atoms with Crippen LogP contribution in [-0.4, -0.2) is 69.3 Å². The van der Waals surface area contributed by atoms with Gasteiger partial charge in [-0.15, -0.1) is 10.2 Å². The van der Waals surface area contributed by atoms with Crippen LogP contribution < -0.4 is 5.32 Å². The molecule has 7 nitrogen and oxygen atoms in total. The molecule has 1 aromatic rings. The van der Waals surface area contributed by atoms with Gasteiger partial charge >= 0.3 is 0 Å². The molecule has 2 aliphatic rings. The van der Waals surface area contributed by atoms with Crippen LogP contribution in [0, 0.1) is 12.3 Å². The van der Waals surface area contributed by atoms with Crippen LogP contribution >= 0.6 is 0 Å². The lowest BCUT2D eigenvalue weighted by Crippen LogP contribution is -2.46. The Morgan fingerprint density at radius 1 is 1.31 bits per heavy atom. The molecule has 1 unspecified atom stereocenters. The van der Waals surface area contributed by atoms with Gasteiger partial charge in [-0.3, -0.25) is 4.90 Å². The van der Waals surface area contributed by atoms with E-state index in [9.17, 15) is 0 Å². The fourth-order valence-electron chi connectivity index (χ4n) is 4.05. The Hall–Kier alpha value is -1.63. The molecule has 1 N–H and O–H groups in total. The van der Waals surface area contributed by atoms with Crippen LogP contribution in [0.3, 0.4) is 0 Å². The van der Waals surface area contributed by atoms with Crippen molar-refractivity contribution in [3.63, 3.8) is 0 Å². The molecular formula is C19H35N7. The van der Waals surface area contributed by atoms with E-state index in [2.05, 4.69) is 46.1 Å². The maximum absolute atomic E-state index is 4.92. The van der Waals surface area contributed by atoms with Crippen LogP contribution in [0.25, 0.3) is 0 Å². The Morgan fingerprint density at radius 2 is 2.12 bits per heavy atom. The predicted molar refractivity (Wildman–Crippen MR) is 105 cm³/mol. The predicted octanol–water partition coefficient (Wildman–Crippen LogP) is 1.79. The lowest BCUT2D eigenvalue weighted by molar-refractivity contribution is 0.264. The minimum Gasteiger partial charge on any atom is -0.355 e. The molecule has 1 atom stereocenters. The summed E-state index contributed by atoms with van der Waals surface area (Å²) in [7, 11) is 2.00. The van der Waals surface area contributed by atoms with Crippen molar-refractivity contribution in [2.45, 2.75) is 59.5 Å². The first-order valence-electron chi connectivity index (χ1n) is 10.0. The van der Waals surface area contributed by atoms with Crippen molar-refractivity contribution >= 4 is 5.96 Å². The van der Waals surface area contributed by atoms with Crippen molar-refractivity contribution in [1.29, 1.82) is 0 Å². The second-order valence-corrected chi connectivity index (χ2v) is 8.50. The van der Waals surface area contributed by atoms with E-state index in [-0.39, 0.29) is 0 Å². The van der Waals surface area contributed by atoms with Gasteiger partial charge in [0.25, 0.3) is 0 Å². The lowest BCUT2D eigenvalue weighted by Gasteiger charge is -2.28.